The summed E-state index contributed by atoms with van der Waals surface area (Å²) in [5.41, 5.74) is 5.39. The first kappa shape index (κ1) is 12.5. The number of rotatable bonds is 4. The molecule has 1 saturated heterocycles. The van der Waals surface area contributed by atoms with E-state index in [1.165, 1.54) is 6.42 Å². The second-order valence-electron chi connectivity index (χ2n) is 4.98. The van der Waals surface area contributed by atoms with Crippen LogP contribution in [0.3, 0.4) is 0 Å². The Hall–Kier alpha value is -0.570. The predicted molar refractivity (Wildman–Crippen MR) is 62.5 cm³/mol. The third-order valence-electron chi connectivity index (χ3n) is 3.41. The van der Waals surface area contributed by atoms with E-state index in [2.05, 4.69) is 13.8 Å². The lowest BCUT2D eigenvalue weighted by Crippen LogP contribution is -2.52. The molecule has 2 atom stereocenters. The van der Waals surface area contributed by atoms with Crippen molar-refractivity contribution in [3.63, 3.8) is 0 Å². The maximum atomic E-state index is 12.1. The molecule has 1 aliphatic heterocycles. The summed E-state index contributed by atoms with van der Waals surface area (Å²) in [4.78, 5) is 14.1. The van der Waals surface area contributed by atoms with E-state index in [4.69, 9.17) is 5.73 Å². The third kappa shape index (κ3) is 2.94. The molecule has 2 unspecified atom stereocenters. The molecule has 1 aliphatic rings. The fraction of sp³-hybridized carbons (Fsp3) is 0.917. The molecule has 0 aromatic heterocycles. The van der Waals surface area contributed by atoms with E-state index in [1.54, 1.807) is 0 Å². The molecule has 0 bridgehead atoms. The molecule has 3 nitrogen and oxygen atoms in total. The van der Waals surface area contributed by atoms with Crippen molar-refractivity contribution in [3.05, 3.63) is 0 Å². The molecule has 0 aromatic rings. The maximum Gasteiger partial charge on any atom is 0.242 e. The molecule has 0 radical (unpaired) electrons. The number of amides is 1. The van der Waals surface area contributed by atoms with Crippen molar-refractivity contribution in [2.45, 2.75) is 52.0 Å². The highest BCUT2D eigenvalue weighted by Crippen LogP contribution is 2.22. The number of nitrogens with two attached hydrogens (primary N) is 1. The first-order valence-corrected chi connectivity index (χ1v) is 6.09. The SMILES string of the molecule is CCCC(C)(N)C(=O)N1CCC(CC)C1. The standard InChI is InChI=1S/C12H24N2O/c1-4-7-12(3,13)11(15)14-8-6-10(5-2)9-14/h10H,4-9,13H2,1-3H3. The van der Waals surface area contributed by atoms with Gasteiger partial charge in [0.05, 0.1) is 5.54 Å². The van der Waals surface area contributed by atoms with Crippen LogP contribution in [-0.4, -0.2) is 29.4 Å². The molecule has 0 saturated carbocycles. The van der Waals surface area contributed by atoms with Gasteiger partial charge in [-0.25, -0.2) is 0 Å². The highest BCUT2D eigenvalue weighted by atomic mass is 16.2. The Balaban J connectivity index is 2.54. The molecular formula is C12H24N2O. The van der Waals surface area contributed by atoms with Crippen LogP contribution in [0, 0.1) is 5.92 Å². The Bertz CT molecular complexity index is 226. The summed E-state index contributed by atoms with van der Waals surface area (Å²) < 4.78 is 0. The van der Waals surface area contributed by atoms with E-state index in [0.29, 0.717) is 5.92 Å². The summed E-state index contributed by atoms with van der Waals surface area (Å²) in [5.74, 6) is 0.826. The van der Waals surface area contributed by atoms with E-state index in [1.807, 2.05) is 11.8 Å². The zero-order valence-corrected chi connectivity index (χ0v) is 10.3. The molecular weight excluding hydrogens is 188 g/mol. The van der Waals surface area contributed by atoms with Gasteiger partial charge in [0.15, 0.2) is 0 Å². The monoisotopic (exact) mass is 212 g/mol. The van der Waals surface area contributed by atoms with E-state index >= 15 is 0 Å². The Labute approximate surface area is 93.0 Å². The Morgan fingerprint density at radius 3 is 2.67 bits per heavy atom. The highest BCUT2D eigenvalue weighted by Gasteiger charge is 2.35. The van der Waals surface area contributed by atoms with Crippen molar-refractivity contribution in [2.24, 2.45) is 11.7 Å². The first-order valence-electron chi connectivity index (χ1n) is 6.09. The topological polar surface area (TPSA) is 46.3 Å². The molecule has 1 heterocycles. The van der Waals surface area contributed by atoms with Crippen molar-refractivity contribution in [1.29, 1.82) is 0 Å². The van der Waals surface area contributed by atoms with E-state index in [9.17, 15) is 4.79 Å². The van der Waals surface area contributed by atoms with Crippen molar-refractivity contribution in [2.75, 3.05) is 13.1 Å². The van der Waals surface area contributed by atoms with Crippen LogP contribution in [0.1, 0.15) is 46.5 Å². The van der Waals surface area contributed by atoms with E-state index < -0.39 is 5.54 Å². The van der Waals surface area contributed by atoms with Gasteiger partial charge in [0.1, 0.15) is 0 Å². The van der Waals surface area contributed by atoms with Gasteiger partial charge in [0.2, 0.25) is 5.91 Å². The fourth-order valence-electron chi connectivity index (χ4n) is 2.34. The number of likely N-dealkylation sites (tertiary alicyclic amines) is 1. The molecule has 1 amide bonds. The second kappa shape index (κ2) is 4.97. The molecule has 1 fully saturated rings. The molecule has 3 heteroatoms. The number of hydrogen-bond donors (Lipinski definition) is 1. The van der Waals surface area contributed by atoms with Crippen molar-refractivity contribution < 1.29 is 4.79 Å². The lowest BCUT2D eigenvalue weighted by atomic mass is 9.96. The largest absolute Gasteiger partial charge is 0.341 e. The smallest absolute Gasteiger partial charge is 0.242 e. The number of nitrogens with zero attached hydrogens (tertiary/aromatic N) is 1. The van der Waals surface area contributed by atoms with Gasteiger partial charge in [-0.3, -0.25) is 4.79 Å². The summed E-state index contributed by atoms with van der Waals surface area (Å²) in [6.07, 6.45) is 4.05. The Morgan fingerprint density at radius 1 is 1.53 bits per heavy atom. The summed E-state index contributed by atoms with van der Waals surface area (Å²) in [7, 11) is 0. The molecule has 0 aliphatic carbocycles. The Morgan fingerprint density at radius 2 is 2.20 bits per heavy atom. The van der Waals surface area contributed by atoms with Crippen LogP contribution in [0.25, 0.3) is 0 Å². The van der Waals surface area contributed by atoms with Crippen molar-refractivity contribution in [1.82, 2.24) is 4.90 Å². The highest BCUT2D eigenvalue weighted by molar-refractivity contribution is 5.85. The number of carbonyl (C=O) groups is 1. The maximum absolute atomic E-state index is 12.1. The molecule has 0 spiro atoms. The minimum Gasteiger partial charge on any atom is -0.341 e. The number of hydrogen-bond acceptors (Lipinski definition) is 2. The minimum atomic E-state index is -0.655. The minimum absolute atomic E-state index is 0.139. The van der Waals surface area contributed by atoms with Crippen molar-refractivity contribution in [3.8, 4) is 0 Å². The van der Waals surface area contributed by atoms with Gasteiger partial charge in [-0.05, 0) is 25.7 Å². The third-order valence-corrected chi connectivity index (χ3v) is 3.41. The Kier molecular flexibility index (Phi) is 4.14. The fourth-order valence-corrected chi connectivity index (χ4v) is 2.34. The average molecular weight is 212 g/mol. The predicted octanol–water partition coefficient (Wildman–Crippen LogP) is 1.76. The second-order valence-corrected chi connectivity index (χ2v) is 4.98. The van der Waals surface area contributed by atoms with Crippen molar-refractivity contribution >= 4 is 5.91 Å². The number of carbonyl (C=O) groups excluding carboxylic acids is 1. The van der Waals surface area contributed by atoms with Crippen LogP contribution in [0.2, 0.25) is 0 Å². The lowest BCUT2D eigenvalue weighted by molar-refractivity contribution is -0.135. The molecule has 0 aromatic carbocycles. The van der Waals surface area contributed by atoms with Crippen LogP contribution >= 0.6 is 0 Å². The lowest BCUT2D eigenvalue weighted by Gasteiger charge is -2.28. The van der Waals surface area contributed by atoms with E-state index in [0.717, 1.165) is 32.4 Å². The summed E-state index contributed by atoms with van der Waals surface area (Å²) in [6.45, 7) is 7.92. The summed E-state index contributed by atoms with van der Waals surface area (Å²) >= 11 is 0. The van der Waals surface area contributed by atoms with Crippen LogP contribution in [0.5, 0.6) is 0 Å². The normalized spacial score (nSPS) is 25.3. The van der Waals surface area contributed by atoms with Gasteiger partial charge >= 0.3 is 0 Å². The quantitative estimate of drug-likeness (QED) is 0.772. The van der Waals surface area contributed by atoms with Crippen LogP contribution in [0.4, 0.5) is 0 Å². The first-order chi connectivity index (χ1) is 7.01. The van der Waals surface area contributed by atoms with Crippen LogP contribution < -0.4 is 5.73 Å². The zero-order chi connectivity index (χ0) is 11.5. The van der Waals surface area contributed by atoms with E-state index in [-0.39, 0.29) is 5.91 Å². The van der Waals surface area contributed by atoms with Gasteiger partial charge < -0.3 is 10.6 Å². The average Bonchev–Trinajstić information content (AvgIpc) is 2.64. The van der Waals surface area contributed by atoms with Gasteiger partial charge in [-0.1, -0.05) is 26.7 Å². The van der Waals surface area contributed by atoms with Crippen LogP contribution in [-0.2, 0) is 4.79 Å². The summed E-state index contributed by atoms with van der Waals surface area (Å²) in [5, 5.41) is 0. The van der Waals surface area contributed by atoms with Crippen LogP contribution in [0.15, 0.2) is 0 Å². The van der Waals surface area contributed by atoms with Gasteiger partial charge in [0.25, 0.3) is 0 Å². The van der Waals surface area contributed by atoms with Gasteiger partial charge in [0, 0.05) is 13.1 Å². The molecule has 15 heavy (non-hydrogen) atoms. The van der Waals surface area contributed by atoms with Gasteiger partial charge in [-0.2, -0.15) is 0 Å². The molecule has 1 rings (SSSR count). The molecule has 2 N–H and O–H groups in total. The van der Waals surface area contributed by atoms with Gasteiger partial charge in [-0.15, -0.1) is 0 Å². The molecule has 88 valence electrons. The zero-order valence-electron chi connectivity index (χ0n) is 10.3. The summed E-state index contributed by atoms with van der Waals surface area (Å²) in [6, 6.07) is 0.